The predicted molar refractivity (Wildman–Crippen MR) is 84.9 cm³/mol. The van der Waals surface area contributed by atoms with Crippen molar-refractivity contribution in [3.8, 4) is 0 Å². The molecule has 2 aromatic heterocycles. The fourth-order valence-corrected chi connectivity index (χ4v) is 3.68. The van der Waals surface area contributed by atoms with Crippen molar-refractivity contribution in [1.82, 2.24) is 14.5 Å². The first-order chi connectivity index (χ1) is 10.8. The zero-order valence-corrected chi connectivity index (χ0v) is 12.7. The van der Waals surface area contributed by atoms with Gasteiger partial charge in [-0.05, 0) is 55.9 Å². The Morgan fingerprint density at radius 2 is 1.91 bits per heavy atom. The van der Waals surface area contributed by atoms with Crippen LogP contribution in [0.15, 0.2) is 36.8 Å². The summed E-state index contributed by atoms with van der Waals surface area (Å²) in [6, 6.07) is 6.72. The van der Waals surface area contributed by atoms with Crippen LogP contribution in [0, 0.1) is 0 Å². The normalized spacial score (nSPS) is 18.5. The SMILES string of the molecule is O=C(c1cnc2c(c1)CCC2)N1CCC(n2cccc2)CC1. The van der Waals surface area contributed by atoms with Crippen molar-refractivity contribution in [3.63, 3.8) is 0 Å². The van der Waals surface area contributed by atoms with Gasteiger partial charge in [-0.2, -0.15) is 0 Å². The van der Waals surface area contributed by atoms with Gasteiger partial charge in [0.25, 0.3) is 5.91 Å². The smallest absolute Gasteiger partial charge is 0.255 e. The molecule has 0 radical (unpaired) electrons. The van der Waals surface area contributed by atoms with Gasteiger partial charge >= 0.3 is 0 Å². The molecule has 1 aliphatic heterocycles. The standard InChI is InChI=1S/C18H21N3O/c22-18(15-12-14-4-3-5-17(14)19-13-15)21-10-6-16(7-11-21)20-8-1-2-9-20/h1-2,8-9,12-13,16H,3-7,10-11H2. The van der Waals surface area contributed by atoms with E-state index in [4.69, 9.17) is 0 Å². The van der Waals surface area contributed by atoms with E-state index >= 15 is 0 Å². The number of pyridine rings is 1. The van der Waals surface area contributed by atoms with Crippen LogP contribution in [-0.2, 0) is 12.8 Å². The summed E-state index contributed by atoms with van der Waals surface area (Å²) in [5.41, 5.74) is 3.22. The van der Waals surface area contributed by atoms with E-state index in [1.165, 1.54) is 17.7 Å². The second kappa shape index (κ2) is 5.59. The maximum atomic E-state index is 12.7. The lowest BCUT2D eigenvalue weighted by Gasteiger charge is -2.32. The lowest BCUT2D eigenvalue weighted by atomic mass is 10.0. The zero-order valence-electron chi connectivity index (χ0n) is 12.7. The number of amides is 1. The Kier molecular flexibility index (Phi) is 3.45. The van der Waals surface area contributed by atoms with E-state index in [9.17, 15) is 4.79 Å². The van der Waals surface area contributed by atoms with Crippen LogP contribution in [0.1, 0.15) is 46.9 Å². The highest BCUT2D eigenvalue weighted by Gasteiger charge is 2.25. The van der Waals surface area contributed by atoms with E-state index in [0.29, 0.717) is 6.04 Å². The number of aryl methyl sites for hydroxylation is 2. The molecular weight excluding hydrogens is 274 g/mol. The molecule has 2 aromatic rings. The second-order valence-corrected chi connectivity index (χ2v) is 6.34. The number of hydrogen-bond donors (Lipinski definition) is 0. The minimum absolute atomic E-state index is 0.146. The Morgan fingerprint density at radius 1 is 1.14 bits per heavy atom. The number of nitrogens with zero attached hydrogens (tertiary/aromatic N) is 3. The molecule has 4 heteroatoms. The van der Waals surface area contributed by atoms with E-state index in [0.717, 1.165) is 44.3 Å². The van der Waals surface area contributed by atoms with Crippen LogP contribution in [0.2, 0.25) is 0 Å². The molecule has 0 aromatic carbocycles. The molecule has 0 saturated carbocycles. The molecule has 2 aliphatic rings. The Balaban J connectivity index is 1.44. The molecule has 114 valence electrons. The summed E-state index contributed by atoms with van der Waals surface area (Å²) in [6.45, 7) is 1.66. The number of fused-ring (bicyclic) bond motifs is 1. The Morgan fingerprint density at radius 3 is 2.68 bits per heavy atom. The minimum Gasteiger partial charge on any atom is -0.351 e. The van der Waals surface area contributed by atoms with Crippen molar-refractivity contribution < 1.29 is 4.79 Å². The fraction of sp³-hybridized carbons (Fsp3) is 0.444. The molecular formula is C18H21N3O. The van der Waals surface area contributed by atoms with Crippen molar-refractivity contribution in [2.75, 3.05) is 13.1 Å². The average Bonchev–Trinajstić information content (AvgIpc) is 3.25. The molecule has 22 heavy (non-hydrogen) atoms. The van der Waals surface area contributed by atoms with Gasteiger partial charge in [0.15, 0.2) is 0 Å². The minimum atomic E-state index is 0.146. The summed E-state index contributed by atoms with van der Waals surface area (Å²) in [6.07, 6.45) is 11.4. The van der Waals surface area contributed by atoms with Crippen LogP contribution in [0.25, 0.3) is 0 Å². The summed E-state index contributed by atoms with van der Waals surface area (Å²) in [5.74, 6) is 0.146. The number of rotatable bonds is 2. The Labute approximate surface area is 130 Å². The first kappa shape index (κ1) is 13.6. The quantitative estimate of drug-likeness (QED) is 0.854. The number of aromatic nitrogens is 2. The lowest BCUT2D eigenvalue weighted by Crippen LogP contribution is -2.39. The summed E-state index contributed by atoms with van der Waals surface area (Å²) < 4.78 is 2.26. The van der Waals surface area contributed by atoms with E-state index in [1.54, 1.807) is 6.20 Å². The van der Waals surface area contributed by atoms with Gasteiger partial charge in [-0.15, -0.1) is 0 Å². The van der Waals surface area contributed by atoms with Gasteiger partial charge < -0.3 is 9.47 Å². The number of hydrogen-bond acceptors (Lipinski definition) is 2. The molecule has 1 saturated heterocycles. The molecule has 3 heterocycles. The maximum absolute atomic E-state index is 12.7. The average molecular weight is 295 g/mol. The van der Waals surface area contributed by atoms with Crippen molar-refractivity contribution >= 4 is 5.91 Å². The molecule has 0 unspecified atom stereocenters. The number of carbonyl (C=O) groups is 1. The van der Waals surface area contributed by atoms with Crippen LogP contribution < -0.4 is 0 Å². The van der Waals surface area contributed by atoms with Crippen molar-refractivity contribution in [2.45, 2.75) is 38.1 Å². The van der Waals surface area contributed by atoms with Crippen LogP contribution in [0.4, 0.5) is 0 Å². The summed E-state index contributed by atoms with van der Waals surface area (Å²) in [5, 5.41) is 0. The highest BCUT2D eigenvalue weighted by Crippen LogP contribution is 2.25. The zero-order chi connectivity index (χ0) is 14.9. The van der Waals surface area contributed by atoms with E-state index in [2.05, 4.69) is 40.1 Å². The Bertz CT molecular complexity index is 670. The van der Waals surface area contributed by atoms with Gasteiger partial charge in [-0.25, -0.2) is 0 Å². The van der Waals surface area contributed by atoms with Crippen LogP contribution in [0.5, 0.6) is 0 Å². The van der Waals surface area contributed by atoms with Gasteiger partial charge in [0.1, 0.15) is 0 Å². The van der Waals surface area contributed by atoms with E-state index < -0.39 is 0 Å². The first-order valence-electron chi connectivity index (χ1n) is 8.21. The summed E-state index contributed by atoms with van der Waals surface area (Å²) >= 11 is 0. The third-order valence-electron chi connectivity index (χ3n) is 4.97. The highest BCUT2D eigenvalue weighted by molar-refractivity contribution is 5.94. The third-order valence-corrected chi connectivity index (χ3v) is 4.97. The monoisotopic (exact) mass is 295 g/mol. The van der Waals surface area contributed by atoms with Gasteiger partial charge in [0.2, 0.25) is 0 Å². The molecule has 0 atom stereocenters. The van der Waals surface area contributed by atoms with E-state index in [1.807, 2.05) is 4.90 Å². The van der Waals surface area contributed by atoms with Crippen LogP contribution in [-0.4, -0.2) is 33.4 Å². The first-order valence-corrected chi connectivity index (χ1v) is 8.21. The van der Waals surface area contributed by atoms with Gasteiger partial charge in [-0.3, -0.25) is 9.78 Å². The molecule has 0 spiro atoms. The molecule has 1 fully saturated rings. The topological polar surface area (TPSA) is 38.1 Å². The molecule has 0 N–H and O–H groups in total. The van der Waals surface area contributed by atoms with Crippen molar-refractivity contribution in [1.29, 1.82) is 0 Å². The molecule has 4 nitrogen and oxygen atoms in total. The molecule has 0 bridgehead atoms. The molecule has 4 rings (SSSR count). The van der Waals surface area contributed by atoms with Crippen molar-refractivity contribution in [2.24, 2.45) is 0 Å². The van der Waals surface area contributed by atoms with Crippen LogP contribution in [0.3, 0.4) is 0 Å². The molecule has 1 amide bonds. The van der Waals surface area contributed by atoms with Gasteiger partial charge in [-0.1, -0.05) is 0 Å². The largest absolute Gasteiger partial charge is 0.351 e. The fourth-order valence-electron chi connectivity index (χ4n) is 3.68. The third kappa shape index (κ3) is 2.43. The number of likely N-dealkylation sites (tertiary alicyclic amines) is 1. The molecule has 1 aliphatic carbocycles. The second-order valence-electron chi connectivity index (χ2n) is 6.34. The highest BCUT2D eigenvalue weighted by atomic mass is 16.2. The maximum Gasteiger partial charge on any atom is 0.255 e. The predicted octanol–water partition coefficient (Wildman–Crippen LogP) is 2.85. The van der Waals surface area contributed by atoms with Gasteiger partial charge in [0, 0.05) is 43.4 Å². The lowest BCUT2D eigenvalue weighted by molar-refractivity contribution is 0.0694. The van der Waals surface area contributed by atoms with Gasteiger partial charge in [0.05, 0.1) is 5.56 Å². The summed E-state index contributed by atoms with van der Waals surface area (Å²) in [4.78, 5) is 19.1. The van der Waals surface area contributed by atoms with E-state index in [-0.39, 0.29) is 5.91 Å². The van der Waals surface area contributed by atoms with Crippen molar-refractivity contribution in [3.05, 3.63) is 53.6 Å². The number of piperidine rings is 1. The number of carbonyl (C=O) groups excluding carboxylic acids is 1. The van der Waals surface area contributed by atoms with Crippen LogP contribution >= 0.6 is 0 Å². The summed E-state index contributed by atoms with van der Waals surface area (Å²) in [7, 11) is 0. The Hall–Kier alpha value is -2.10.